The van der Waals surface area contributed by atoms with Gasteiger partial charge in [0, 0.05) is 32.1 Å². The van der Waals surface area contributed by atoms with Crippen LogP contribution >= 0.6 is 0 Å². The number of hydrogen-bond donors (Lipinski definition) is 2. The molecule has 168 valence electrons. The summed E-state index contributed by atoms with van der Waals surface area (Å²) in [7, 11) is 4.06. The lowest BCUT2D eigenvalue weighted by Crippen LogP contribution is -2.31. The predicted molar refractivity (Wildman–Crippen MR) is 128 cm³/mol. The van der Waals surface area contributed by atoms with E-state index in [4.69, 9.17) is 19.4 Å². The Bertz CT molecular complexity index is 1080. The Morgan fingerprint density at radius 1 is 0.969 bits per heavy atom. The van der Waals surface area contributed by atoms with Gasteiger partial charge in [-0.15, -0.1) is 0 Å². The van der Waals surface area contributed by atoms with Gasteiger partial charge in [-0.1, -0.05) is 18.2 Å². The van der Waals surface area contributed by atoms with Gasteiger partial charge in [0.25, 0.3) is 0 Å². The van der Waals surface area contributed by atoms with Crippen LogP contribution in [0.1, 0.15) is 31.2 Å². The third-order valence-corrected chi connectivity index (χ3v) is 6.39. The van der Waals surface area contributed by atoms with Crippen molar-refractivity contribution in [3.05, 3.63) is 48.0 Å². The van der Waals surface area contributed by atoms with Gasteiger partial charge >= 0.3 is 0 Å². The van der Waals surface area contributed by atoms with E-state index in [1.807, 2.05) is 32.3 Å². The van der Waals surface area contributed by atoms with Gasteiger partial charge in [0.15, 0.2) is 11.5 Å². The van der Waals surface area contributed by atoms with Crippen LogP contribution in [0, 0.1) is 5.92 Å². The first-order chi connectivity index (χ1) is 15.7. The number of benzene rings is 2. The number of aromatic nitrogens is 2. The molecule has 7 heteroatoms. The number of ether oxygens (including phenoxy) is 2. The quantitative estimate of drug-likeness (QED) is 0.579. The Morgan fingerprint density at radius 2 is 1.78 bits per heavy atom. The summed E-state index contributed by atoms with van der Waals surface area (Å²) >= 11 is 0. The number of para-hydroxylation sites is 1. The average Bonchev–Trinajstić information content (AvgIpc) is 3.27. The molecule has 5 rings (SSSR count). The van der Waals surface area contributed by atoms with Gasteiger partial charge in [0.05, 0.1) is 5.52 Å². The van der Waals surface area contributed by atoms with Crippen molar-refractivity contribution in [2.45, 2.75) is 38.3 Å². The van der Waals surface area contributed by atoms with Crippen LogP contribution in [0.2, 0.25) is 0 Å². The Hall–Kier alpha value is -3.06. The summed E-state index contributed by atoms with van der Waals surface area (Å²) in [5, 5.41) is 8.30. The zero-order valence-electron chi connectivity index (χ0n) is 18.8. The number of anilines is 2. The van der Waals surface area contributed by atoms with Crippen molar-refractivity contribution < 1.29 is 9.47 Å². The van der Waals surface area contributed by atoms with Crippen LogP contribution in [-0.4, -0.2) is 43.4 Å². The maximum atomic E-state index is 5.47. The van der Waals surface area contributed by atoms with Gasteiger partial charge < -0.3 is 25.0 Å². The highest BCUT2D eigenvalue weighted by Gasteiger charge is 2.22. The molecule has 0 unspecified atom stereocenters. The summed E-state index contributed by atoms with van der Waals surface area (Å²) in [6.45, 7) is 2.22. The first kappa shape index (κ1) is 20.8. The van der Waals surface area contributed by atoms with E-state index in [1.54, 1.807) is 0 Å². The molecule has 3 aromatic rings. The molecule has 1 fully saturated rings. The van der Waals surface area contributed by atoms with Crippen LogP contribution in [-0.2, 0) is 6.54 Å². The van der Waals surface area contributed by atoms with Crippen LogP contribution in [0.15, 0.2) is 42.5 Å². The van der Waals surface area contributed by atoms with E-state index in [2.05, 4.69) is 39.8 Å². The Labute approximate surface area is 189 Å². The minimum atomic E-state index is 0.324. The van der Waals surface area contributed by atoms with Gasteiger partial charge in [-0.3, -0.25) is 0 Å². The number of fused-ring (bicyclic) bond motifs is 2. The van der Waals surface area contributed by atoms with Crippen LogP contribution in [0.25, 0.3) is 10.9 Å². The van der Waals surface area contributed by atoms with E-state index in [0.717, 1.165) is 60.1 Å². The number of hydrogen-bond acceptors (Lipinski definition) is 7. The zero-order valence-corrected chi connectivity index (χ0v) is 18.8. The molecular formula is C25H31N5O2. The molecule has 0 bridgehead atoms. The van der Waals surface area contributed by atoms with Crippen LogP contribution in [0.4, 0.5) is 11.8 Å². The normalized spacial score (nSPS) is 19.8. The van der Waals surface area contributed by atoms with Gasteiger partial charge in [-0.05, 0) is 68.0 Å². The van der Waals surface area contributed by atoms with E-state index in [0.29, 0.717) is 18.8 Å². The van der Waals surface area contributed by atoms with Crippen LogP contribution in [0.5, 0.6) is 11.5 Å². The predicted octanol–water partition coefficient (Wildman–Crippen LogP) is 4.19. The average molecular weight is 434 g/mol. The third-order valence-electron chi connectivity index (χ3n) is 6.39. The Balaban J connectivity index is 1.12. The van der Waals surface area contributed by atoms with Gasteiger partial charge in [-0.25, -0.2) is 4.98 Å². The fourth-order valence-electron chi connectivity index (χ4n) is 4.63. The molecule has 1 aliphatic carbocycles. The number of nitrogens with zero attached hydrogens (tertiary/aromatic N) is 3. The zero-order chi connectivity index (χ0) is 21.9. The second-order valence-electron chi connectivity index (χ2n) is 8.96. The van der Waals surface area contributed by atoms with E-state index < -0.39 is 0 Å². The Morgan fingerprint density at radius 3 is 2.62 bits per heavy atom. The van der Waals surface area contributed by atoms with E-state index in [-0.39, 0.29) is 0 Å². The highest BCUT2D eigenvalue weighted by atomic mass is 16.7. The molecule has 1 aromatic heterocycles. The molecule has 0 saturated heterocycles. The minimum absolute atomic E-state index is 0.324. The molecule has 2 heterocycles. The van der Waals surface area contributed by atoms with Crippen LogP contribution < -0.4 is 25.0 Å². The molecule has 1 saturated carbocycles. The summed E-state index contributed by atoms with van der Waals surface area (Å²) in [4.78, 5) is 11.6. The number of nitrogens with one attached hydrogen (secondary N) is 2. The fourth-order valence-corrected chi connectivity index (χ4v) is 4.63. The first-order valence-electron chi connectivity index (χ1n) is 11.5. The SMILES string of the molecule is CN(C)c1nc(NC2CCC(CNCc3ccc4c(c3)OCO4)CC2)nc2ccccc12. The molecular weight excluding hydrogens is 402 g/mol. The van der Waals surface area contributed by atoms with Crippen molar-refractivity contribution in [2.75, 3.05) is 37.6 Å². The molecule has 2 aromatic carbocycles. The lowest BCUT2D eigenvalue weighted by Gasteiger charge is -2.29. The summed E-state index contributed by atoms with van der Waals surface area (Å²) in [6, 6.07) is 14.8. The van der Waals surface area contributed by atoms with Crippen molar-refractivity contribution in [1.82, 2.24) is 15.3 Å². The van der Waals surface area contributed by atoms with Gasteiger partial charge in [0.1, 0.15) is 5.82 Å². The molecule has 2 N–H and O–H groups in total. The largest absolute Gasteiger partial charge is 0.454 e. The van der Waals surface area contributed by atoms with Gasteiger partial charge in [-0.2, -0.15) is 4.98 Å². The highest BCUT2D eigenvalue weighted by Crippen LogP contribution is 2.32. The number of rotatable bonds is 7. The molecule has 2 aliphatic rings. The fraction of sp³-hybridized carbons (Fsp3) is 0.440. The molecule has 7 nitrogen and oxygen atoms in total. The topological polar surface area (TPSA) is 71.5 Å². The van der Waals surface area contributed by atoms with Crippen molar-refractivity contribution in [2.24, 2.45) is 5.92 Å². The summed E-state index contributed by atoms with van der Waals surface area (Å²) in [5.74, 6) is 4.09. The monoisotopic (exact) mass is 433 g/mol. The van der Waals surface area contributed by atoms with Crippen molar-refractivity contribution in [1.29, 1.82) is 0 Å². The van der Waals surface area contributed by atoms with Crippen LogP contribution in [0.3, 0.4) is 0 Å². The first-order valence-corrected chi connectivity index (χ1v) is 11.5. The standard InChI is InChI=1S/C25H31N5O2/c1-30(2)24-20-5-3-4-6-21(20)28-25(29-24)27-19-10-7-17(8-11-19)14-26-15-18-9-12-22-23(13-18)32-16-31-22/h3-6,9,12-13,17,19,26H,7-8,10-11,14-16H2,1-2H3,(H,27,28,29). The minimum Gasteiger partial charge on any atom is -0.454 e. The smallest absolute Gasteiger partial charge is 0.231 e. The molecule has 1 aliphatic heterocycles. The summed E-state index contributed by atoms with van der Waals surface area (Å²) < 4.78 is 10.9. The van der Waals surface area contributed by atoms with E-state index in [1.165, 1.54) is 18.4 Å². The van der Waals surface area contributed by atoms with Gasteiger partial charge in [0.2, 0.25) is 12.7 Å². The molecule has 0 radical (unpaired) electrons. The Kier molecular flexibility index (Phi) is 5.99. The van der Waals surface area contributed by atoms with Crippen molar-refractivity contribution in [3.8, 4) is 11.5 Å². The molecule has 0 atom stereocenters. The lowest BCUT2D eigenvalue weighted by molar-refractivity contribution is 0.174. The highest BCUT2D eigenvalue weighted by molar-refractivity contribution is 5.90. The second kappa shape index (κ2) is 9.20. The maximum absolute atomic E-state index is 5.47. The van der Waals surface area contributed by atoms with E-state index >= 15 is 0 Å². The summed E-state index contributed by atoms with van der Waals surface area (Å²) in [6.07, 6.45) is 4.70. The summed E-state index contributed by atoms with van der Waals surface area (Å²) in [5.41, 5.74) is 2.21. The molecule has 0 spiro atoms. The second-order valence-corrected chi connectivity index (χ2v) is 8.96. The van der Waals surface area contributed by atoms with Crippen molar-refractivity contribution in [3.63, 3.8) is 0 Å². The lowest BCUT2D eigenvalue weighted by atomic mass is 9.86. The maximum Gasteiger partial charge on any atom is 0.231 e. The molecule has 32 heavy (non-hydrogen) atoms. The third kappa shape index (κ3) is 4.58. The van der Waals surface area contributed by atoms with E-state index in [9.17, 15) is 0 Å². The molecule has 0 amide bonds. The van der Waals surface area contributed by atoms with Crippen molar-refractivity contribution >= 4 is 22.7 Å².